The average molecular weight is 405 g/mol. The largest absolute Gasteiger partial charge is 0.465 e. The maximum Gasteiger partial charge on any atom is 0.407 e. The number of hydrogen-bond acceptors (Lipinski definition) is 2. The summed E-state index contributed by atoms with van der Waals surface area (Å²) in [5, 5.41) is 9.28. The predicted octanol–water partition coefficient (Wildman–Crippen LogP) is 6.26. The van der Waals surface area contributed by atoms with E-state index >= 15 is 0 Å². The highest BCUT2D eigenvalue weighted by Crippen LogP contribution is 2.29. The van der Waals surface area contributed by atoms with Gasteiger partial charge in [0.1, 0.15) is 0 Å². The fourth-order valence-electron chi connectivity index (χ4n) is 4.45. The minimum absolute atomic E-state index is 0.571. The van der Waals surface area contributed by atoms with Crippen LogP contribution in [0.3, 0.4) is 0 Å². The minimum atomic E-state index is -0.802. The van der Waals surface area contributed by atoms with Crippen LogP contribution in [0.1, 0.15) is 83.8 Å². The average Bonchev–Trinajstić information content (AvgIpc) is 2.68. The molecule has 0 saturated carbocycles. The zero-order chi connectivity index (χ0) is 21.6. The van der Waals surface area contributed by atoms with E-state index in [4.69, 9.17) is 0 Å². The topological polar surface area (TPSA) is 43.8 Å². The number of nitrogens with zero attached hydrogens (tertiary/aromatic N) is 2. The first-order chi connectivity index (χ1) is 14.0. The molecule has 166 valence electrons. The quantitative estimate of drug-likeness (QED) is 0.375. The Morgan fingerprint density at radius 3 is 2.21 bits per heavy atom. The molecule has 0 aliphatic carbocycles. The van der Waals surface area contributed by atoms with Gasteiger partial charge in [-0.25, -0.2) is 4.79 Å². The van der Waals surface area contributed by atoms with E-state index in [9.17, 15) is 9.90 Å². The molecule has 0 aliphatic rings. The van der Waals surface area contributed by atoms with E-state index in [1.54, 1.807) is 0 Å². The molecule has 1 aromatic carbocycles. The van der Waals surface area contributed by atoms with Crippen LogP contribution in [-0.2, 0) is 6.42 Å². The van der Waals surface area contributed by atoms with E-state index in [1.165, 1.54) is 42.0 Å². The molecule has 0 spiro atoms. The molecule has 0 bridgehead atoms. The lowest BCUT2D eigenvalue weighted by Gasteiger charge is -2.30. The number of carbonyl (C=O) groups is 1. The fourth-order valence-corrected chi connectivity index (χ4v) is 4.45. The lowest BCUT2D eigenvalue weighted by molar-refractivity contribution is 0.144. The van der Waals surface area contributed by atoms with Gasteiger partial charge >= 0.3 is 6.09 Å². The van der Waals surface area contributed by atoms with Gasteiger partial charge in [-0.15, -0.1) is 0 Å². The first kappa shape index (κ1) is 25.5. The van der Waals surface area contributed by atoms with Gasteiger partial charge in [-0.2, -0.15) is 0 Å². The third-order valence-corrected chi connectivity index (χ3v) is 5.79. The molecular weight excluding hydrogens is 360 g/mol. The van der Waals surface area contributed by atoms with Crippen molar-refractivity contribution in [2.45, 2.75) is 79.1 Å². The van der Waals surface area contributed by atoms with E-state index in [-0.39, 0.29) is 0 Å². The molecule has 1 N–H and O–H groups in total. The highest BCUT2D eigenvalue weighted by Gasteiger charge is 2.20. The van der Waals surface area contributed by atoms with Gasteiger partial charge in [-0.1, -0.05) is 58.9 Å². The molecule has 2 atom stereocenters. The highest BCUT2D eigenvalue weighted by molar-refractivity contribution is 5.64. The molecular formula is C25H44N2O2. The van der Waals surface area contributed by atoms with Gasteiger partial charge in [0.2, 0.25) is 0 Å². The van der Waals surface area contributed by atoms with Gasteiger partial charge in [0, 0.05) is 19.6 Å². The molecule has 0 saturated heterocycles. The van der Waals surface area contributed by atoms with Crippen molar-refractivity contribution in [3.05, 3.63) is 35.4 Å². The molecule has 1 amide bonds. The van der Waals surface area contributed by atoms with Crippen LogP contribution in [0.5, 0.6) is 0 Å². The minimum Gasteiger partial charge on any atom is -0.465 e. The van der Waals surface area contributed by atoms with E-state index < -0.39 is 6.09 Å². The van der Waals surface area contributed by atoms with E-state index in [2.05, 4.69) is 56.9 Å². The first-order valence-corrected chi connectivity index (χ1v) is 11.8. The van der Waals surface area contributed by atoms with Gasteiger partial charge < -0.3 is 14.9 Å². The Hall–Kier alpha value is -1.55. The molecule has 0 heterocycles. The molecule has 0 aromatic heterocycles. The molecule has 4 nitrogen and oxygen atoms in total. The zero-order valence-electron chi connectivity index (χ0n) is 19.5. The lowest BCUT2D eigenvalue weighted by Crippen LogP contribution is -2.32. The van der Waals surface area contributed by atoms with Gasteiger partial charge in [-0.05, 0) is 74.6 Å². The van der Waals surface area contributed by atoms with Gasteiger partial charge in [0.05, 0.1) is 0 Å². The second kappa shape index (κ2) is 14.4. The summed E-state index contributed by atoms with van der Waals surface area (Å²) < 4.78 is 0. The van der Waals surface area contributed by atoms with E-state index in [0.29, 0.717) is 24.9 Å². The summed E-state index contributed by atoms with van der Waals surface area (Å²) in [5.41, 5.74) is 2.77. The second-order valence-electron chi connectivity index (χ2n) is 8.41. The van der Waals surface area contributed by atoms with Crippen molar-refractivity contribution in [2.24, 2.45) is 5.92 Å². The number of carboxylic acid groups (broad SMARTS) is 1. The number of benzene rings is 1. The van der Waals surface area contributed by atoms with Crippen LogP contribution in [0, 0.1) is 5.92 Å². The molecule has 1 aromatic rings. The summed E-state index contributed by atoms with van der Waals surface area (Å²) in [6, 6.07) is 9.00. The van der Waals surface area contributed by atoms with Gasteiger partial charge in [0.25, 0.3) is 0 Å². The summed E-state index contributed by atoms with van der Waals surface area (Å²) in [6.07, 6.45) is 5.45. The summed E-state index contributed by atoms with van der Waals surface area (Å²) in [5.74, 6) is 1.20. The highest BCUT2D eigenvalue weighted by atomic mass is 16.4. The van der Waals surface area contributed by atoms with Crippen LogP contribution in [0.15, 0.2) is 24.3 Å². The molecule has 29 heavy (non-hydrogen) atoms. The number of aryl methyl sites for hydroxylation is 1. The third kappa shape index (κ3) is 9.20. The molecule has 0 radical (unpaired) electrons. The number of hydrogen-bond donors (Lipinski definition) is 1. The van der Waals surface area contributed by atoms with Crippen molar-refractivity contribution < 1.29 is 9.90 Å². The smallest absolute Gasteiger partial charge is 0.407 e. The van der Waals surface area contributed by atoms with Crippen molar-refractivity contribution in [3.63, 3.8) is 0 Å². The Labute approximate surface area is 179 Å². The third-order valence-electron chi connectivity index (χ3n) is 5.79. The van der Waals surface area contributed by atoms with Crippen molar-refractivity contribution in [1.82, 2.24) is 9.80 Å². The van der Waals surface area contributed by atoms with Crippen LogP contribution in [0.25, 0.3) is 0 Å². The molecule has 0 unspecified atom stereocenters. The Morgan fingerprint density at radius 1 is 1.00 bits per heavy atom. The summed E-state index contributed by atoms with van der Waals surface area (Å²) in [7, 11) is 0. The van der Waals surface area contributed by atoms with Crippen LogP contribution >= 0.6 is 0 Å². The maximum absolute atomic E-state index is 11.3. The Bertz CT molecular complexity index is 570. The van der Waals surface area contributed by atoms with Crippen molar-refractivity contribution >= 4 is 6.09 Å². The molecule has 0 fully saturated rings. The van der Waals surface area contributed by atoms with Crippen LogP contribution < -0.4 is 0 Å². The summed E-state index contributed by atoms with van der Waals surface area (Å²) in [6.45, 7) is 16.0. The zero-order valence-corrected chi connectivity index (χ0v) is 19.5. The second-order valence-corrected chi connectivity index (χ2v) is 8.41. The van der Waals surface area contributed by atoms with Crippen molar-refractivity contribution in [2.75, 3.05) is 32.7 Å². The summed E-state index contributed by atoms with van der Waals surface area (Å²) in [4.78, 5) is 15.4. The van der Waals surface area contributed by atoms with Crippen molar-refractivity contribution in [1.29, 1.82) is 0 Å². The Morgan fingerprint density at radius 2 is 1.66 bits per heavy atom. The first-order valence-electron chi connectivity index (χ1n) is 11.8. The van der Waals surface area contributed by atoms with Gasteiger partial charge in [-0.3, -0.25) is 0 Å². The predicted molar refractivity (Wildman–Crippen MR) is 124 cm³/mol. The normalized spacial score (nSPS) is 13.4. The lowest BCUT2D eigenvalue weighted by atomic mass is 9.84. The van der Waals surface area contributed by atoms with E-state index in [1.807, 2.05) is 6.92 Å². The SMILES string of the molecule is CCCN(CCC)C[C@H](C)[C@@H](CC)c1cccc(CCCN(CCC)C(=O)O)c1. The monoisotopic (exact) mass is 404 g/mol. The van der Waals surface area contributed by atoms with Crippen LogP contribution in [-0.4, -0.2) is 53.7 Å². The van der Waals surface area contributed by atoms with Gasteiger partial charge in [0.15, 0.2) is 0 Å². The fraction of sp³-hybridized carbons (Fsp3) is 0.720. The Balaban J connectivity index is 2.73. The van der Waals surface area contributed by atoms with E-state index in [0.717, 1.165) is 32.2 Å². The molecule has 4 heteroatoms. The van der Waals surface area contributed by atoms with Crippen LogP contribution in [0.2, 0.25) is 0 Å². The number of amides is 1. The number of rotatable bonds is 15. The maximum atomic E-state index is 11.3. The van der Waals surface area contributed by atoms with Crippen LogP contribution in [0.4, 0.5) is 4.79 Å². The molecule has 1 rings (SSSR count). The van der Waals surface area contributed by atoms with Crippen molar-refractivity contribution in [3.8, 4) is 0 Å². The standard InChI is InChI=1S/C25H44N2O2/c1-6-15-26(16-7-2)20-21(5)24(9-4)23-14-10-12-22(19-23)13-11-18-27(17-8-3)25(28)29/h10,12,14,19,21,24H,6-9,11,13,15-18,20H2,1-5H3,(H,28,29)/t21-,24+/m0/s1. The summed E-state index contributed by atoms with van der Waals surface area (Å²) >= 11 is 0. The Kier molecular flexibility index (Phi) is 12.7. The molecule has 0 aliphatic heterocycles.